The summed E-state index contributed by atoms with van der Waals surface area (Å²) in [5, 5.41) is 23.0. The Morgan fingerprint density at radius 2 is 1.90 bits per heavy atom. The zero-order valence-corrected chi connectivity index (χ0v) is 12.1. The summed E-state index contributed by atoms with van der Waals surface area (Å²) in [6.07, 6.45) is 5.92. The van der Waals surface area contributed by atoms with E-state index in [4.69, 9.17) is 4.52 Å². The predicted molar refractivity (Wildman–Crippen MR) is 78.1 cm³/mol. The first-order chi connectivity index (χ1) is 10.2. The fraction of sp³-hybridized carbons (Fsp3) is 0.500. The van der Waals surface area contributed by atoms with Gasteiger partial charge in [0.1, 0.15) is 0 Å². The summed E-state index contributed by atoms with van der Waals surface area (Å²) in [6.45, 7) is 2.24. The van der Waals surface area contributed by atoms with Gasteiger partial charge in [0.15, 0.2) is 17.3 Å². The number of benzene rings is 1. The van der Waals surface area contributed by atoms with Gasteiger partial charge in [-0.1, -0.05) is 18.5 Å². The average molecular weight is 288 g/mol. The highest BCUT2D eigenvalue weighted by Crippen LogP contribution is 2.37. The fourth-order valence-electron chi connectivity index (χ4n) is 3.00. The molecular formula is C16H20N2O3. The Kier molecular flexibility index (Phi) is 3.82. The van der Waals surface area contributed by atoms with Gasteiger partial charge in [-0.05, 0) is 49.8 Å². The molecule has 0 atom stereocenters. The second-order valence-corrected chi connectivity index (χ2v) is 5.79. The minimum atomic E-state index is -0.185. The van der Waals surface area contributed by atoms with Crippen LogP contribution in [0.15, 0.2) is 22.7 Å². The van der Waals surface area contributed by atoms with Gasteiger partial charge in [0.25, 0.3) is 5.89 Å². The first-order valence-electron chi connectivity index (χ1n) is 7.53. The van der Waals surface area contributed by atoms with Crippen molar-refractivity contribution in [2.45, 2.75) is 44.9 Å². The molecule has 0 amide bonds. The van der Waals surface area contributed by atoms with Gasteiger partial charge in [-0.3, -0.25) is 0 Å². The number of aromatic nitrogens is 2. The maximum absolute atomic E-state index is 9.53. The van der Waals surface area contributed by atoms with Crippen molar-refractivity contribution >= 4 is 0 Å². The van der Waals surface area contributed by atoms with Crippen molar-refractivity contribution in [2.75, 3.05) is 0 Å². The first kappa shape index (κ1) is 13.9. The maximum atomic E-state index is 9.53. The van der Waals surface area contributed by atoms with Crippen LogP contribution in [-0.2, 0) is 0 Å². The second-order valence-electron chi connectivity index (χ2n) is 5.79. The monoisotopic (exact) mass is 288 g/mol. The van der Waals surface area contributed by atoms with E-state index >= 15 is 0 Å². The van der Waals surface area contributed by atoms with Crippen molar-refractivity contribution in [3.8, 4) is 23.0 Å². The third-order valence-electron chi connectivity index (χ3n) is 4.45. The largest absolute Gasteiger partial charge is 0.504 e. The van der Waals surface area contributed by atoms with Crippen molar-refractivity contribution in [1.29, 1.82) is 0 Å². The van der Waals surface area contributed by atoms with Crippen LogP contribution in [0.5, 0.6) is 11.5 Å². The molecule has 112 valence electrons. The van der Waals surface area contributed by atoms with E-state index < -0.39 is 0 Å². The van der Waals surface area contributed by atoms with Gasteiger partial charge in [-0.25, -0.2) is 0 Å². The van der Waals surface area contributed by atoms with E-state index in [1.54, 1.807) is 6.07 Å². The maximum Gasteiger partial charge on any atom is 0.258 e. The molecule has 5 heteroatoms. The van der Waals surface area contributed by atoms with Crippen LogP contribution in [0, 0.1) is 5.92 Å². The number of aromatic hydroxyl groups is 2. The highest BCUT2D eigenvalue weighted by molar-refractivity contribution is 5.58. The van der Waals surface area contributed by atoms with E-state index in [1.807, 2.05) is 0 Å². The van der Waals surface area contributed by atoms with Gasteiger partial charge in [0.2, 0.25) is 0 Å². The summed E-state index contributed by atoms with van der Waals surface area (Å²) < 4.78 is 5.30. The molecule has 1 aromatic carbocycles. The number of hydrogen-bond donors (Lipinski definition) is 2. The van der Waals surface area contributed by atoms with E-state index in [-0.39, 0.29) is 11.5 Å². The van der Waals surface area contributed by atoms with Crippen LogP contribution < -0.4 is 0 Å². The molecule has 0 unspecified atom stereocenters. The van der Waals surface area contributed by atoms with E-state index in [9.17, 15) is 10.2 Å². The number of hydrogen-bond acceptors (Lipinski definition) is 5. The minimum Gasteiger partial charge on any atom is -0.504 e. The molecule has 1 aliphatic carbocycles. The Balaban J connectivity index is 1.76. The summed E-state index contributed by atoms with van der Waals surface area (Å²) in [4.78, 5) is 4.46. The zero-order chi connectivity index (χ0) is 14.8. The van der Waals surface area contributed by atoms with Gasteiger partial charge >= 0.3 is 0 Å². The van der Waals surface area contributed by atoms with Crippen molar-refractivity contribution in [3.63, 3.8) is 0 Å². The lowest BCUT2D eigenvalue weighted by atomic mass is 9.80. The molecule has 2 aromatic rings. The van der Waals surface area contributed by atoms with E-state index in [1.165, 1.54) is 31.4 Å². The lowest BCUT2D eigenvalue weighted by molar-refractivity contribution is 0.305. The molecule has 1 heterocycles. The third kappa shape index (κ3) is 2.86. The number of phenolic OH excluding ortho intramolecular Hbond substituents is 2. The molecular weight excluding hydrogens is 268 g/mol. The first-order valence-corrected chi connectivity index (χ1v) is 7.53. The summed E-state index contributed by atoms with van der Waals surface area (Å²) >= 11 is 0. The highest BCUT2D eigenvalue weighted by Gasteiger charge is 2.25. The normalized spacial score (nSPS) is 22.3. The van der Waals surface area contributed by atoms with Crippen LogP contribution in [0.3, 0.4) is 0 Å². The standard InChI is InChI=1S/C16H20N2O3/c1-2-10-3-5-11(6-4-10)15-17-16(21-18-15)12-7-8-13(19)14(20)9-12/h7-11,19-20H,2-6H2,1H3. The fourth-order valence-corrected chi connectivity index (χ4v) is 3.00. The predicted octanol–water partition coefficient (Wildman–Crippen LogP) is 3.83. The molecule has 0 spiro atoms. The van der Waals surface area contributed by atoms with Crippen molar-refractivity contribution in [1.82, 2.24) is 10.1 Å². The van der Waals surface area contributed by atoms with Gasteiger partial charge < -0.3 is 14.7 Å². The Labute approximate surface area is 123 Å². The molecule has 0 radical (unpaired) electrons. The molecule has 0 saturated heterocycles. The quantitative estimate of drug-likeness (QED) is 0.839. The molecule has 1 aromatic heterocycles. The molecule has 21 heavy (non-hydrogen) atoms. The number of phenols is 2. The molecule has 1 aliphatic rings. The van der Waals surface area contributed by atoms with Crippen molar-refractivity contribution in [3.05, 3.63) is 24.0 Å². The molecule has 0 bridgehead atoms. The Hall–Kier alpha value is -2.04. The van der Waals surface area contributed by atoms with Crippen molar-refractivity contribution in [2.24, 2.45) is 5.92 Å². The lowest BCUT2D eigenvalue weighted by Crippen LogP contribution is -2.13. The number of nitrogens with zero attached hydrogens (tertiary/aromatic N) is 2. The summed E-state index contributed by atoms with van der Waals surface area (Å²) in [7, 11) is 0. The van der Waals surface area contributed by atoms with E-state index in [0.29, 0.717) is 17.4 Å². The molecule has 1 saturated carbocycles. The van der Waals surface area contributed by atoms with Crippen molar-refractivity contribution < 1.29 is 14.7 Å². The highest BCUT2D eigenvalue weighted by atomic mass is 16.5. The molecule has 2 N–H and O–H groups in total. The Bertz CT molecular complexity index is 616. The summed E-state index contributed by atoms with van der Waals surface area (Å²) in [5.41, 5.74) is 0.617. The summed E-state index contributed by atoms with van der Waals surface area (Å²) in [6, 6.07) is 4.50. The zero-order valence-electron chi connectivity index (χ0n) is 12.1. The lowest BCUT2D eigenvalue weighted by Gasteiger charge is -2.25. The van der Waals surface area contributed by atoms with Crippen LogP contribution in [0.2, 0.25) is 0 Å². The van der Waals surface area contributed by atoms with Gasteiger partial charge in [0.05, 0.1) is 0 Å². The molecule has 3 rings (SSSR count). The molecule has 1 fully saturated rings. The van der Waals surface area contributed by atoms with Gasteiger partial charge in [-0.15, -0.1) is 0 Å². The Morgan fingerprint density at radius 1 is 1.14 bits per heavy atom. The van der Waals surface area contributed by atoms with E-state index in [0.717, 1.165) is 24.6 Å². The smallest absolute Gasteiger partial charge is 0.258 e. The van der Waals surface area contributed by atoms with Gasteiger partial charge in [-0.2, -0.15) is 4.98 Å². The van der Waals surface area contributed by atoms with Crippen LogP contribution in [-0.4, -0.2) is 20.4 Å². The number of rotatable bonds is 3. The molecule has 5 nitrogen and oxygen atoms in total. The SMILES string of the molecule is CCC1CCC(c2noc(-c3ccc(O)c(O)c3)n2)CC1. The second kappa shape index (κ2) is 5.76. The van der Waals surface area contributed by atoms with Crippen LogP contribution in [0.1, 0.15) is 50.8 Å². The minimum absolute atomic E-state index is 0.156. The van der Waals surface area contributed by atoms with Gasteiger partial charge in [0, 0.05) is 11.5 Å². The third-order valence-corrected chi connectivity index (χ3v) is 4.45. The Morgan fingerprint density at radius 3 is 2.57 bits per heavy atom. The van der Waals surface area contributed by atoms with Crippen LogP contribution in [0.4, 0.5) is 0 Å². The molecule has 0 aliphatic heterocycles. The van der Waals surface area contributed by atoms with Crippen LogP contribution >= 0.6 is 0 Å². The topological polar surface area (TPSA) is 79.4 Å². The van der Waals surface area contributed by atoms with Crippen LogP contribution in [0.25, 0.3) is 11.5 Å². The van der Waals surface area contributed by atoms with E-state index in [2.05, 4.69) is 17.1 Å². The summed E-state index contributed by atoms with van der Waals surface area (Å²) in [5.74, 6) is 2.01. The average Bonchev–Trinajstić information content (AvgIpc) is 3.00.